The van der Waals surface area contributed by atoms with Crippen molar-refractivity contribution in [2.24, 2.45) is 0 Å². The molecule has 0 radical (unpaired) electrons. The maximum Gasteiger partial charge on any atom is 0.320 e. The number of benzene rings is 2. The topological polar surface area (TPSA) is 52.0 Å². The van der Waals surface area contributed by atoms with E-state index in [1.807, 2.05) is 31.2 Å². The molecule has 0 fully saturated rings. The van der Waals surface area contributed by atoms with E-state index in [1.165, 1.54) is 0 Å². The summed E-state index contributed by atoms with van der Waals surface area (Å²) in [6.07, 6.45) is 0.364. The summed E-state index contributed by atoms with van der Waals surface area (Å²) in [5.41, 5.74) is 0.721. The molecular weight excluding hydrogens is 471 g/mol. The number of thiocarbonyl (C=S) groups is 1. The van der Waals surface area contributed by atoms with Gasteiger partial charge in [0.15, 0.2) is 5.82 Å². The lowest BCUT2D eigenvalue weighted by Crippen LogP contribution is -2.13. The maximum absolute atomic E-state index is 6.01. The fourth-order valence-electron chi connectivity index (χ4n) is 2.31. The van der Waals surface area contributed by atoms with Crippen LogP contribution in [0.5, 0.6) is 11.8 Å². The van der Waals surface area contributed by atoms with Gasteiger partial charge < -0.3 is 10.1 Å². The number of nitrogens with zero attached hydrogens (tertiary/aromatic N) is 3. The fraction of sp³-hybridized carbons (Fsp3) is 0.167. The highest BCUT2D eigenvalue weighted by Gasteiger charge is 2.13. The molecule has 0 spiro atoms. The third-order valence-corrected chi connectivity index (χ3v) is 4.68. The number of rotatable bonds is 6. The maximum atomic E-state index is 6.01. The predicted octanol–water partition coefficient (Wildman–Crippen LogP) is 6.14. The van der Waals surface area contributed by atoms with Crippen molar-refractivity contribution >= 4 is 62.0 Å². The molecule has 3 aromatic rings. The SMILES string of the molecule is CCn1nc(CC(=S)Nc2cc(Cl)cc(Cl)c2)nc1Oc1ccc(Br)cc1. The standard InChI is InChI=1S/C18H15BrCl2N4OS/c1-2-25-18(26-15-5-3-11(19)4-6-15)23-16(24-25)10-17(27)22-14-8-12(20)7-13(21)9-14/h3-9H,2,10H2,1H3,(H,22,27). The van der Waals surface area contributed by atoms with Crippen LogP contribution in [0.1, 0.15) is 12.7 Å². The van der Waals surface area contributed by atoms with E-state index >= 15 is 0 Å². The van der Waals surface area contributed by atoms with Gasteiger partial charge in [-0.3, -0.25) is 0 Å². The summed E-state index contributed by atoms with van der Waals surface area (Å²) in [6.45, 7) is 2.60. The zero-order valence-corrected chi connectivity index (χ0v) is 18.2. The van der Waals surface area contributed by atoms with Crippen molar-refractivity contribution in [3.63, 3.8) is 0 Å². The van der Waals surface area contributed by atoms with Gasteiger partial charge in [-0.2, -0.15) is 10.1 Å². The molecule has 0 aliphatic carbocycles. The molecule has 9 heteroatoms. The van der Waals surface area contributed by atoms with Gasteiger partial charge in [0.2, 0.25) is 0 Å². The van der Waals surface area contributed by atoms with E-state index in [1.54, 1.807) is 22.9 Å². The first kappa shape index (κ1) is 20.1. The molecule has 140 valence electrons. The molecular formula is C18H15BrCl2N4OS. The smallest absolute Gasteiger partial charge is 0.320 e. The molecule has 1 heterocycles. The summed E-state index contributed by atoms with van der Waals surface area (Å²) >= 11 is 20.8. The molecule has 3 rings (SSSR count). The minimum absolute atomic E-state index is 0.364. The van der Waals surface area contributed by atoms with E-state index in [4.69, 9.17) is 40.2 Å². The quantitative estimate of drug-likeness (QED) is 0.425. The number of aryl methyl sites for hydroxylation is 1. The summed E-state index contributed by atoms with van der Waals surface area (Å²) in [5, 5.41) is 8.62. The molecule has 0 unspecified atom stereocenters. The average molecular weight is 486 g/mol. The van der Waals surface area contributed by atoms with Gasteiger partial charge >= 0.3 is 6.01 Å². The predicted molar refractivity (Wildman–Crippen MR) is 116 cm³/mol. The fourth-order valence-corrected chi connectivity index (χ4v) is 3.35. The summed E-state index contributed by atoms with van der Waals surface area (Å²) in [4.78, 5) is 5.01. The van der Waals surface area contributed by atoms with Crippen LogP contribution in [-0.2, 0) is 13.0 Å². The van der Waals surface area contributed by atoms with Gasteiger partial charge in [-0.25, -0.2) is 4.68 Å². The Labute approximate surface area is 180 Å². The molecule has 27 heavy (non-hydrogen) atoms. The van der Waals surface area contributed by atoms with Crippen LogP contribution in [0, 0.1) is 0 Å². The van der Waals surface area contributed by atoms with Gasteiger partial charge in [0.05, 0.1) is 11.4 Å². The van der Waals surface area contributed by atoms with Gasteiger partial charge in [0.25, 0.3) is 0 Å². The second kappa shape index (κ2) is 9.01. The Bertz CT molecular complexity index is 942. The largest absolute Gasteiger partial charge is 0.424 e. The number of anilines is 1. The van der Waals surface area contributed by atoms with Crippen molar-refractivity contribution in [1.82, 2.24) is 14.8 Å². The Balaban J connectivity index is 1.70. The Morgan fingerprint density at radius 2 is 1.85 bits per heavy atom. The first-order valence-corrected chi connectivity index (χ1v) is 10.0. The summed E-state index contributed by atoms with van der Waals surface area (Å²) in [6, 6.07) is 13.1. The lowest BCUT2D eigenvalue weighted by atomic mass is 10.3. The van der Waals surface area contributed by atoms with Gasteiger partial charge in [-0.05, 0) is 49.4 Å². The molecule has 5 nitrogen and oxygen atoms in total. The zero-order valence-electron chi connectivity index (χ0n) is 14.2. The molecule has 0 saturated heterocycles. The van der Waals surface area contributed by atoms with Gasteiger partial charge in [-0.1, -0.05) is 51.3 Å². The lowest BCUT2D eigenvalue weighted by molar-refractivity contribution is 0.402. The van der Waals surface area contributed by atoms with Crippen molar-refractivity contribution < 1.29 is 4.74 Å². The van der Waals surface area contributed by atoms with E-state index in [-0.39, 0.29) is 0 Å². The van der Waals surface area contributed by atoms with Crippen LogP contribution in [0.25, 0.3) is 0 Å². The number of hydrogen-bond donors (Lipinski definition) is 1. The Morgan fingerprint density at radius 1 is 1.19 bits per heavy atom. The van der Waals surface area contributed by atoms with Crippen molar-refractivity contribution in [2.75, 3.05) is 5.32 Å². The minimum atomic E-state index is 0.364. The molecule has 1 aromatic heterocycles. The lowest BCUT2D eigenvalue weighted by Gasteiger charge is -2.07. The monoisotopic (exact) mass is 484 g/mol. The Morgan fingerprint density at radius 3 is 2.48 bits per heavy atom. The molecule has 1 N–H and O–H groups in total. The van der Waals surface area contributed by atoms with E-state index in [0.717, 1.165) is 10.2 Å². The van der Waals surface area contributed by atoms with E-state index in [2.05, 4.69) is 31.3 Å². The van der Waals surface area contributed by atoms with Crippen molar-refractivity contribution in [3.05, 3.63) is 62.8 Å². The van der Waals surface area contributed by atoms with Crippen LogP contribution in [0.3, 0.4) is 0 Å². The van der Waals surface area contributed by atoms with Gasteiger partial charge in [0, 0.05) is 26.8 Å². The van der Waals surface area contributed by atoms with Crippen LogP contribution >= 0.6 is 51.3 Å². The Hall–Kier alpha value is -1.67. The number of nitrogens with one attached hydrogen (secondary N) is 1. The van der Waals surface area contributed by atoms with Crippen LogP contribution < -0.4 is 10.1 Å². The molecule has 0 amide bonds. The third-order valence-electron chi connectivity index (χ3n) is 3.47. The van der Waals surface area contributed by atoms with E-state index in [9.17, 15) is 0 Å². The minimum Gasteiger partial charge on any atom is -0.424 e. The summed E-state index contributed by atoms with van der Waals surface area (Å²) in [7, 11) is 0. The molecule has 0 aliphatic heterocycles. The van der Waals surface area contributed by atoms with Crippen LogP contribution in [0.4, 0.5) is 5.69 Å². The number of halogens is 3. The second-order valence-electron chi connectivity index (χ2n) is 5.57. The summed E-state index contributed by atoms with van der Waals surface area (Å²) < 4.78 is 8.50. The molecule has 0 saturated carbocycles. The first-order chi connectivity index (χ1) is 12.9. The van der Waals surface area contributed by atoms with Crippen LogP contribution in [-0.4, -0.2) is 19.8 Å². The first-order valence-electron chi connectivity index (χ1n) is 8.06. The van der Waals surface area contributed by atoms with Crippen LogP contribution in [0.15, 0.2) is 46.9 Å². The highest BCUT2D eigenvalue weighted by molar-refractivity contribution is 9.10. The van der Waals surface area contributed by atoms with Crippen LogP contribution in [0.2, 0.25) is 10.0 Å². The third kappa shape index (κ3) is 5.65. The van der Waals surface area contributed by atoms with E-state index in [0.29, 0.717) is 45.6 Å². The number of hydrogen-bond acceptors (Lipinski definition) is 4. The van der Waals surface area contributed by atoms with Crippen molar-refractivity contribution in [2.45, 2.75) is 19.9 Å². The highest BCUT2D eigenvalue weighted by Crippen LogP contribution is 2.24. The zero-order chi connectivity index (χ0) is 19.4. The van der Waals surface area contributed by atoms with E-state index < -0.39 is 0 Å². The normalized spacial score (nSPS) is 10.7. The molecule has 0 atom stereocenters. The highest BCUT2D eigenvalue weighted by atomic mass is 79.9. The number of ether oxygens (including phenoxy) is 1. The van der Waals surface area contributed by atoms with Crippen molar-refractivity contribution in [1.29, 1.82) is 0 Å². The summed E-state index contributed by atoms with van der Waals surface area (Å²) in [5.74, 6) is 1.25. The van der Waals surface area contributed by atoms with Gasteiger partial charge in [0.1, 0.15) is 5.75 Å². The Kier molecular flexibility index (Phi) is 6.70. The second-order valence-corrected chi connectivity index (χ2v) is 7.85. The molecule has 0 aliphatic rings. The van der Waals surface area contributed by atoms with Crippen molar-refractivity contribution in [3.8, 4) is 11.8 Å². The number of aromatic nitrogens is 3. The molecule has 2 aromatic carbocycles. The average Bonchev–Trinajstić information content (AvgIpc) is 2.97. The van der Waals surface area contributed by atoms with Gasteiger partial charge in [-0.15, -0.1) is 0 Å². The molecule has 0 bridgehead atoms.